The van der Waals surface area contributed by atoms with Crippen LogP contribution < -0.4 is 10.6 Å². The van der Waals surface area contributed by atoms with Crippen molar-refractivity contribution >= 4 is 11.7 Å². The average Bonchev–Trinajstić information content (AvgIpc) is 2.28. The zero-order chi connectivity index (χ0) is 14.4. The maximum absolute atomic E-state index is 11.7. The first kappa shape index (κ1) is 15.5. The molecule has 1 atom stereocenters. The van der Waals surface area contributed by atoms with Gasteiger partial charge in [-0.3, -0.25) is 0 Å². The van der Waals surface area contributed by atoms with E-state index in [1.165, 1.54) is 5.56 Å². The number of urea groups is 1. The van der Waals surface area contributed by atoms with Gasteiger partial charge in [-0.25, -0.2) is 4.79 Å². The fourth-order valence-electron chi connectivity index (χ4n) is 2.37. The smallest absolute Gasteiger partial charge is 0.319 e. The van der Waals surface area contributed by atoms with E-state index in [0.29, 0.717) is 11.8 Å². The summed E-state index contributed by atoms with van der Waals surface area (Å²) in [6.07, 6.45) is 1.11. The highest BCUT2D eigenvalue weighted by atomic mass is 16.2. The highest BCUT2D eigenvalue weighted by molar-refractivity contribution is 5.89. The molecule has 2 N–H and O–H groups in total. The van der Waals surface area contributed by atoms with Crippen molar-refractivity contribution in [1.82, 2.24) is 5.32 Å². The zero-order valence-corrected chi connectivity index (χ0v) is 12.7. The van der Waals surface area contributed by atoms with Crippen molar-refractivity contribution in [1.29, 1.82) is 0 Å². The third-order valence-electron chi connectivity index (χ3n) is 3.24. The Hall–Kier alpha value is -1.51. The molecule has 2 amide bonds. The Kier molecular flexibility index (Phi) is 5.87. The molecular formula is C16H26N2O. The lowest BCUT2D eigenvalue weighted by molar-refractivity contribution is 0.250. The number of nitrogens with one attached hydrogen (secondary N) is 2. The van der Waals surface area contributed by atoms with Gasteiger partial charge in [-0.1, -0.05) is 32.9 Å². The van der Waals surface area contributed by atoms with Gasteiger partial charge in [0.2, 0.25) is 0 Å². The molecule has 0 heterocycles. The molecule has 0 aliphatic carbocycles. The topological polar surface area (TPSA) is 41.1 Å². The Morgan fingerprint density at radius 1 is 1.21 bits per heavy atom. The molecule has 0 aromatic heterocycles. The van der Waals surface area contributed by atoms with Crippen molar-refractivity contribution in [2.75, 3.05) is 5.32 Å². The van der Waals surface area contributed by atoms with E-state index in [2.05, 4.69) is 43.5 Å². The van der Waals surface area contributed by atoms with Crippen molar-refractivity contribution in [3.63, 3.8) is 0 Å². The van der Waals surface area contributed by atoms with Crippen LogP contribution in [0.15, 0.2) is 24.3 Å². The molecule has 1 aromatic rings. The Labute approximate surface area is 116 Å². The predicted molar refractivity (Wildman–Crippen MR) is 81.6 cm³/mol. The van der Waals surface area contributed by atoms with Crippen molar-refractivity contribution in [3.8, 4) is 0 Å². The van der Waals surface area contributed by atoms with E-state index in [1.54, 1.807) is 0 Å². The summed E-state index contributed by atoms with van der Waals surface area (Å²) in [6.45, 7) is 10.6. The van der Waals surface area contributed by atoms with Crippen LogP contribution in [0, 0.1) is 5.92 Å². The van der Waals surface area contributed by atoms with Crippen molar-refractivity contribution in [2.45, 2.75) is 53.0 Å². The van der Waals surface area contributed by atoms with Crippen molar-refractivity contribution in [3.05, 3.63) is 29.8 Å². The molecule has 0 fully saturated rings. The third kappa shape index (κ3) is 4.93. The molecule has 0 aliphatic heterocycles. The molecule has 0 radical (unpaired) electrons. The van der Waals surface area contributed by atoms with Crippen LogP contribution in [0.5, 0.6) is 0 Å². The number of hydrogen-bond acceptors (Lipinski definition) is 1. The van der Waals surface area contributed by atoms with Crippen LogP contribution in [0.1, 0.15) is 52.5 Å². The number of carbonyl (C=O) groups is 1. The summed E-state index contributed by atoms with van der Waals surface area (Å²) in [7, 11) is 0. The van der Waals surface area contributed by atoms with Gasteiger partial charge in [-0.2, -0.15) is 0 Å². The van der Waals surface area contributed by atoms with E-state index in [1.807, 2.05) is 26.0 Å². The molecule has 0 bridgehead atoms. The van der Waals surface area contributed by atoms with Gasteiger partial charge >= 0.3 is 6.03 Å². The van der Waals surface area contributed by atoms with Gasteiger partial charge in [0.15, 0.2) is 0 Å². The quantitative estimate of drug-likeness (QED) is 0.813. The maximum Gasteiger partial charge on any atom is 0.319 e. The monoisotopic (exact) mass is 262 g/mol. The molecule has 0 spiro atoms. The van der Waals surface area contributed by atoms with Gasteiger partial charge < -0.3 is 10.6 Å². The number of rotatable bonds is 5. The highest BCUT2D eigenvalue weighted by Crippen LogP contribution is 2.29. The summed E-state index contributed by atoms with van der Waals surface area (Å²) >= 11 is 0. The second-order valence-electron chi connectivity index (χ2n) is 5.64. The van der Waals surface area contributed by atoms with Crippen LogP contribution in [-0.2, 0) is 0 Å². The van der Waals surface area contributed by atoms with Crippen LogP contribution in [0.25, 0.3) is 0 Å². The number of anilines is 1. The zero-order valence-electron chi connectivity index (χ0n) is 12.7. The van der Waals surface area contributed by atoms with Gasteiger partial charge in [-0.15, -0.1) is 0 Å². The van der Waals surface area contributed by atoms with Gasteiger partial charge in [0, 0.05) is 11.7 Å². The van der Waals surface area contributed by atoms with Gasteiger partial charge in [0.05, 0.1) is 0 Å². The van der Waals surface area contributed by atoms with Crippen LogP contribution >= 0.6 is 0 Å². The molecule has 3 nitrogen and oxygen atoms in total. The lowest BCUT2D eigenvalue weighted by Crippen LogP contribution is -2.34. The average molecular weight is 262 g/mol. The summed E-state index contributed by atoms with van der Waals surface area (Å²) in [4.78, 5) is 11.7. The van der Waals surface area contributed by atoms with Gasteiger partial charge in [0.1, 0.15) is 0 Å². The standard InChI is InChI=1S/C16H26N2O/c1-6-15(11(2)3)13-8-7-9-14(10-13)18-16(19)17-12(4)5/h7-12,15H,6H2,1-5H3,(H2,17,18,19). The van der Waals surface area contributed by atoms with Crippen LogP contribution in [0.3, 0.4) is 0 Å². The molecule has 1 rings (SSSR count). The Morgan fingerprint density at radius 2 is 1.89 bits per heavy atom. The predicted octanol–water partition coefficient (Wildman–Crippen LogP) is 4.37. The largest absolute Gasteiger partial charge is 0.336 e. The van der Waals surface area contributed by atoms with Crippen molar-refractivity contribution in [2.24, 2.45) is 5.92 Å². The lowest BCUT2D eigenvalue weighted by atomic mass is 9.86. The molecule has 3 heteroatoms. The Morgan fingerprint density at radius 3 is 2.42 bits per heavy atom. The summed E-state index contributed by atoms with van der Waals surface area (Å²) in [5, 5.41) is 5.71. The molecule has 19 heavy (non-hydrogen) atoms. The lowest BCUT2D eigenvalue weighted by Gasteiger charge is -2.20. The highest BCUT2D eigenvalue weighted by Gasteiger charge is 2.14. The summed E-state index contributed by atoms with van der Waals surface area (Å²) in [5.41, 5.74) is 2.15. The van der Waals surface area contributed by atoms with E-state index in [9.17, 15) is 4.79 Å². The first-order valence-corrected chi connectivity index (χ1v) is 7.11. The molecule has 0 aliphatic rings. The SMILES string of the molecule is CCC(c1cccc(NC(=O)NC(C)C)c1)C(C)C. The van der Waals surface area contributed by atoms with Gasteiger partial charge in [-0.05, 0) is 49.8 Å². The van der Waals surface area contributed by atoms with Crippen LogP contribution in [0.2, 0.25) is 0 Å². The fourth-order valence-corrected chi connectivity index (χ4v) is 2.37. The van der Waals surface area contributed by atoms with Crippen molar-refractivity contribution < 1.29 is 4.79 Å². The van der Waals surface area contributed by atoms with Gasteiger partial charge in [0.25, 0.3) is 0 Å². The minimum atomic E-state index is -0.148. The number of benzene rings is 1. The van der Waals surface area contributed by atoms with E-state index in [0.717, 1.165) is 12.1 Å². The first-order valence-electron chi connectivity index (χ1n) is 7.11. The second-order valence-corrected chi connectivity index (χ2v) is 5.64. The number of carbonyl (C=O) groups excluding carboxylic acids is 1. The fraction of sp³-hybridized carbons (Fsp3) is 0.562. The summed E-state index contributed by atoms with van der Waals surface area (Å²) < 4.78 is 0. The number of hydrogen-bond donors (Lipinski definition) is 2. The van der Waals surface area contributed by atoms with Crippen LogP contribution in [-0.4, -0.2) is 12.1 Å². The van der Waals surface area contributed by atoms with E-state index in [4.69, 9.17) is 0 Å². The second kappa shape index (κ2) is 7.17. The summed E-state index contributed by atoms with van der Waals surface area (Å²) in [6, 6.07) is 8.14. The van der Waals surface area contributed by atoms with Crippen LogP contribution in [0.4, 0.5) is 10.5 Å². The summed E-state index contributed by atoms with van der Waals surface area (Å²) in [5.74, 6) is 1.14. The molecular weight excluding hydrogens is 236 g/mol. The minimum Gasteiger partial charge on any atom is -0.336 e. The maximum atomic E-state index is 11.7. The molecule has 1 unspecified atom stereocenters. The third-order valence-corrected chi connectivity index (χ3v) is 3.24. The normalized spacial score (nSPS) is 12.6. The van der Waals surface area contributed by atoms with E-state index >= 15 is 0 Å². The molecule has 0 saturated heterocycles. The molecule has 106 valence electrons. The Bertz CT molecular complexity index is 413. The Balaban J connectivity index is 2.79. The minimum absolute atomic E-state index is 0.141. The molecule has 0 saturated carbocycles. The van der Waals surface area contributed by atoms with E-state index < -0.39 is 0 Å². The number of amides is 2. The van der Waals surface area contributed by atoms with E-state index in [-0.39, 0.29) is 12.1 Å². The molecule has 1 aromatic carbocycles. The first-order chi connectivity index (χ1) is 8.93.